The van der Waals surface area contributed by atoms with Gasteiger partial charge in [-0.05, 0) is 23.9 Å². The zero-order valence-corrected chi connectivity index (χ0v) is 10.1. The highest BCUT2D eigenvalue weighted by Gasteiger charge is 2.10. The third-order valence-electron chi connectivity index (χ3n) is 2.14. The number of aryl methyl sites for hydroxylation is 1. The molecule has 1 atom stereocenters. The minimum absolute atomic E-state index is 0.204. The fraction of sp³-hybridized carbons (Fsp3) is 0.400. The van der Waals surface area contributed by atoms with E-state index in [1.807, 2.05) is 18.4 Å². The molecule has 1 unspecified atom stereocenters. The summed E-state index contributed by atoms with van der Waals surface area (Å²) in [5, 5.41) is 21.6. The number of aromatic amines is 1. The van der Waals surface area contributed by atoms with E-state index in [1.54, 1.807) is 11.3 Å². The van der Waals surface area contributed by atoms with Crippen molar-refractivity contribution in [1.29, 1.82) is 0 Å². The van der Waals surface area contributed by atoms with Crippen LogP contribution in [0.4, 0.5) is 5.00 Å². The number of hydrogen-bond donors (Lipinski definition) is 3. The summed E-state index contributed by atoms with van der Waals surface area (Å²) in [6.07, 6.45) is -0.445. The number of nitrogens with zero attached hydrogens (tertiary/aromatic N) is 1. The number of aliphatic hydroxyl groups excluding tert-OH is 1. The van der Waals surface area contributed by atoms with Crippen LogP contribution >= 0.6 is 11.3 Å². The molecule has 0 bridgehead atoms. The van der Waals surface area contributed by atoms with Gasteiger partial charge < -0.3 is 14.8 Å². The predicted molar refractivity (Wildman–Crippen MR) is 64.4 cm³/mol. The molecule has 92 valence electrons. The molecule has 0 fully saturated rings. The average Bonchev–Trinajstić information content (AvgIpc) is 2.85. The highest BCUT2D eigenvalue weighted by Crippen LogP contribution is 2.19. The molecule has 3 N–H and O–H groups in total. The van der Waals surface area contributed by atoms with E-state index < -0.39 is 11.9 Å². The van der Waals surface area contributed by atoms with Crippen LogP contribution in [0.25, 0.3) is 0 Å². The Morgan fingerprint density at radius 2 is 2.53 bits per heavy atom. The molecule has 2 rings (SSSR count). The summed E-state index contributed by atoms with van der Waals surface area (Å²) in [5.41, 5.74) is 1.19. The number of H-pyrrole nitrogens is 1. The van der Waals surface area contributed by atoms with E-state index in [0.29, 0.717) is 6.54 Å². The molecule has 0 aromatic carbocycles. The lowest BCUT2D eigenvalue weighted by molar-refractivity contribution is 0.177. The standard InChI is InChI=1S/C10H13N3O3S/c1-6-2-9(17-5-6)11-4-7(14)3-8-12-13-10(15)16-8/h2,5,7,11,14H,3-4H2,1H3,(H,13,15). The van der Waals surface area contributed by atoms with Gasteiger partial charge in [0.1, 0.15) is 0 Å². The molecule has 2 aromatic heterocycles. The minimum Gasteiger partial charge on any atom is -0.392 e. The minimum atomic E-state index is -0.649. The molecule has 2 aromatic rings. The summed E-state index contributed by atoms with van der Waals surface area (Å²) in [6.45, 7) is 2.40. The highest BCUT2D eigenvalue weighted by atomic mass is 32.1. The van der Waals surface area contributed by atoms with Crippen LogP contribution in [0.5, 0.6) is 0 Å². The maximum atomic E-state index is 10.7. The van der Waals surface area contributed by atoms with Crippen molar-refractivity contribution in [3.8, 4) is 0 Å². The second kappa shape index (κ2) is 5.15. The fourth-order valence-corrected chi connectivity index (χ4v) is 2.17. The molecule has 0 spiro atoms. The van der Waals surface area contributed by atoms with Crippen molar-refractivity contribution in [3.05, 3.63) is 33.5 Å². The highest BCUT2D eigenvalue weighted by molar-refractivity contribution is 7.14. The van der Waals surface area contributed by atoms with Crippen LogP contribution in [-0.4, -0.2) is 28.0 Å². The summed E-state index contributed by atoms with van der Waals surface area (Å²) < 4.78 is 4.70. The summed E-state index contributed by atoms with van der Waals surface area (Å²) in [4.78, 5) is 10.7. The van der Waals surface area contributed by atoms with Gasteiger partial charge in [-0.1, -0.05) is 0 Å². The Morgan fingerprint density at radius 3 is 3.12 bits per heavy atom. The molecule has 0 amide bonds. The fourth-order valence-electron chi connectivity index (χ4n) is 1.36. The van der Waals surface area contributed by atoms with Gasteiger partial charge >= 0.3 is 5.76 Å². The van der Waals surface area contributed by atoms with Gasteiger partial charge in [-0.3, -0.25) is 0 Å². The maximum Gasteiger partial charge on any atom is 0.434 e. The van der Waals surface area contributed by atoms with Gasteiger partial charge in [0.05, 0.1) is 17.5 Å². The number of thiophene rings is 1. The van der Waals surface area contributed by atoms with Gasteiger partial charge in [0, 0.05) is 6.54 Å². The van der Waals surface area contributed by atoms with Crippen LogP contribution < -0.4 is 11.1 Å². The molecule has 0 aliphatic carbocycles. The number of nitrogens with one attached hydrogen (secondary N) is 2. The summed E-state index contributed by atoms with van der Waals surface area (Å²) >= 11 is 1.58. The van der Waals surface area contributed by atoms with E-state index in [0.717, 1.165) is 5.00 Å². The van der Waals surface area contributed by atoms with Gasteiger partial charge in [0.2, 0.25) is 5.89 Å². The normalized spacial score (nSPS) is 12.6. The van der Waals surface area contributed by atoms with Crippen molar-refractivity contribution in [1.82, 2.24) is 10.2 Å². The molecule has 6 nitrogen and oxygen atoms in total. The van der Waals surface area contributed by atoms with Gasteiger partial charge in [-0.15, -0.1) is 16.4 Å². The van der Waals surface area contributed by atoms with E-state index in [1.165, 1.54) is 5.56 Å². The Hall–Kier alpha value is -1.60. The average molecular weight is 255 g/mol. The lowest BCUT2D eigenvalue weighted by atomic mass is 10.2. The first-order valence-electron chi connectivity index (χ1n) is 5.15. The SMILES string of the molecule is Cc1csc(NCC(O)Cc2n[nH]c(=O)o2)c1. The van der Waals surface area contributed by atoms with Crippen LogP contribution in [-0.2, 0) is 6.42 Å². The second-order valence-electron chi connectivity index (χ2n) is 3.73. The first-order chi connectivity index (χ1) is 8.13. The quantitative estimate of drug-likeness (QED) is 0.733. The van der Waals surface area contributed by atoms with Crippen LogP contribution in [0.1, 0.15) is 11.5 Å². The lowest BCUT2D eigenvalue weighted by Crippen LogP contribution is -2.21. The molecule has 0 saturated heterocycles. The largest absolute Gasteiger partial charge is 0.434 e. The van der Waals surface area contributed by atoms with Crippen molar-refractivity contribution < 1.29 is 9.52 Å². The third kappa shape index (κ3) is 3.43. The van der Waals surface area contributed by atoms with E-state index in [2.05, 4.69) is 15.5 Å². The number of aromatic nitrogens is 2. The van der Waals surface area contributed by atoms with Crippen molar-refractivity contribution in [3.63, 3.8) is 0 Å². The number of rotatable bonds is 5. The van der Waals surface area contributed by atoms with E-state index in [-0.39, 0.29) is 12.3 Å². The molecular formula is C10H13N3O3S. The maximum absolute atomic E-state index is 10.7. The zero-order chi connectivity index (χ0) is 12.3. The molecule has 0 radical (unpaired) electrons. The Kier molecular flexibility index (Phi) is 3.60. The molecule has 0 aliphatic rings. The Balaban J connectivity index is 1.81. The van der Waals surface area contributed by atoms with Crippen molar-refractivity contribution >= 4 is 16.3 Å². The first-order valence-corrected chi connectivity index (χ1v) is 6.03. The first kappa shape index (κ1) is 11.9. The van der Waals surface area contributed by atoms with E-state index >= 15 is 0 Å². The predicted octanol–water partition coefficient (Wildman–Crippen LogP) is 0.748. The van der Waals surface area contributed by atoms with Gasteiger partial charge in [0.25, 0.3) is 0 Å². The monoisotopic (exact) mass is 255 g/mol. The van der Waals surface area contributed by atoms with Crippen LogP contribution in [0.15, 0.2) is 20.7 Å². The lowest BCUT2D eigenvalue weighted by Gasteiger charge is -2.08. The van der Waals surface area contributed by atoms with E-state index in [4.69, 9.17) is 4.42 Å². The summed E-state index contributed by atoms with van der Waals surface area (Å²) in [7, 11) is 0. The van der Waals surface area contributed by atoms with Crippen LogP contribution in [0.3, 0.4) is 0 Å². The Morgan fingerprint density at radius 1 is 1.71 bits per heavy atom. The molecule has 17 heavy (non-hydrogen) atoms. The van der Waals surface area contributed by atoms with Crippen LogP contribution in [0.2, 0.25) is 0 Å². The van der Waals surface area contributed by atoms with Crippen molar-refractivity contribution in [2.45, 2.75) is 19.4 Å². The third-order valence-corrected chi connectivity index (χ3v) is 3.14. The zero-order valence-electron chi connectivity index (χ0n) is 9.27. The molecule has 2 heterocycles. The Labute approximate surface area is 101 Å². The molecule has 0 saturated carbocycles. The Bertz CT molecular complexity index is 531. The number of aliphatic hydroxyl groups is 1. The number of anilines is 1. The molecular weight excluding hydrogens is 242 g/mol. The van der Waals surface area contributed by atoms with Crippen molar-refractivity contribution in [2.75, 3.05) is 11.9 Å². The van der Waals surface area contributed by atoms with Crippen molar-refractivity contribution in [2.24, 2.45) is 0 Å². The molecule has 7 heteroatoms. The second-order valence-corrected chi connectivity index (χ2v) is 4.65. The van der Waals surface area contributed by atoms with Gasteiger partial charge in [-0.25, -0.2) is 9.89 Å². The molecule has 0 aliphatic heterocycles. The van der Waals surface area contributed by atoms with Gasteiger partial charge in [-0.2, -0.15) is 0 Å². The summed E-state index contributed by atoms with van der Waals surface area (Å²) in [6, 6.07) is 2.01. The number of hydrogen-bond acceptors (Lipinski definition) is 6. The smallest absolute Gasteiger partial charge is 0.392 e. The van der Waals surface area contributed by atoms with Crippen LogP contribution in [0, 0.1) is 6.92 Å². The topological polar surface area (TPSA) is 91.1 Å². The van der Waals surface area contributed by atoms with Gasteiger partial charge in [0.15, 0.2) is 0 Å². The van der Waals surface area contributed by atoms with E-state index in [9.17, 15) is 9.90 Å². The summed E-state index contributed by atoms with van der Waals surface area (Å²) in [5.74, 6) is -0.388.